The predicted molar refractivity (Wildman–Crippen MR) is 72.8 cm³/mol. The average molecular weight is 321 g/mol. The van der Waals surface area contributed by atoms with Gasteiger partial charge in [0.2, 0.25) is 5.91 Å². The molecule has 3 nitrogen and oxygen atoms in total. The molecule has 1 amide bonds. The molecule has 1 aromatic carbocycles. The number of amides is 1. The summed E-state index contributed by atoms with van der Waals surface area (Å²) in [6, 6.07) is 7.32. The lowest BCUT2D eigenvalue weighted by Crippen LogP contribution is -2.40. The number of methoxy groups -OCH3 is 1. The molecule has 0 saturated heterocycles. The molecule has 0 heterocycles. The second-order valence-corrected chi connectivity index (χ2v) is 4.70. The number of carbonyl (C=O) groups is 1. The zero-order valence-corrected chi connectivity index (χ0v) is 11.9. The fraction of sp³-hybridized carbons (Fsp3) is 0.417. The highest BCUT2D eigenvalue weighted by Crippen LogP contribution is 2.15. The minimum absolute atomic E-state index is 0.0185. The summed E-state index contributed by atoms with van der Waals surface area (Å²) >= 11 is 9.31. The van der Waals surface area contributed by atoms with E-state index in [9.17, 15) is 4.79 Å². The van der Waals surface area contributed by atoms with Crippen LogP contribution in [0.25, 0.3) is 0 Å². The first-order valence-corrected chi connectivity index (χ1v) is 6.75. The Labute approximate surface area is 115 Å². The number of nitrogens with one attached hydrogen (secondary N) is 1. The number of benzene rings is 1. The fourth-order valence-electron chi connectivity index (χ4n) is 1.42. The van der Waals surface area contributed by atoms with Crippen molar-refractivity contribution in [3.8, 4) is 0 Å². The maximum Gasteiger partial charge on any atom is 0.224 e. The summed E-state index contributed by atoms with van der Waals surface area (Å²) in [4.78, 5) is 11.8. The van der Waals surface area contributed by atoms with Gasteiger partial charge in [-0.3, -0.25) is 4.79 Å². The highest BCUT2D eigenvalue weighted by Gasteiger charge is 2.12. The van der Waals surface area contributed by atoms with Crippen LogP contribution in [0.1, 0.15) is 5.56 Å². The first kappa shape index (κ1) is 14.5. The van der Waals surface area contributed by atoms with Crippen LogP contribution in [-0.2, 0) is 16.0 Å². The van der Waals surface area contributed by atoms with Gasteiger partial charge in [0.15, 0.2) is 0 Å². The molecule has 0 aliphatic heterocycles. The average Bonchev–Trinajstić information content (AvgIpc) is 2.31. The van der Waals surface area contributed by atoms with Crippen LogP contribution in [0.2, 0.25) is 5.02 Å². The molecule has 1 aromatic rings. The number of ether oxygens (including phenoxy) is 1. The maximum atomic E-state index is 11.8. The number of rotatable bonds is 6. The molecular formula is C12H15BrClNO2. The largest absolute Gasteiger partial charge is 0.383 e. The lowest BCUT2D eigenvalue weighted by molar-refractivity contribution is -0.121. The monoisotopic (exact) mass is 319 g/mol. The van der Waals surface area contributed by atoms with Crippen LogP contribution in [0.15, 0.2) is 24.3 Å². The van der Waals surface area contributed by atoms with Gasteiger partial charge in [0.1, 0.15) is 0 Å². The molecule has 0 bridgehead atoms. The number of hydrogen-bond acceptors (Lipinski definition) is 2. The van der Waals surface area contributed by atoms with E-state index in [0.29, 0.717) is 17.0 Å². The SMILES string of the molecule is COCC(CBr)NC(=O)Cc1ccccc1Cl. The summed E-state index contributed by atoms with van der Waals surface area (Å²) in [5, 5.41) is 4.15. The maximum absolute atomic E-state index is 11.8. The standard InChI is InChI=1S/C12H15BrClNO2/c1-17-8-10(7-13)15-12(16)6-9-4-2-3-5-11(9)14/h2-5,10H,6-8H2,1H3,(H,15,16). The van der Waals surface area contributed by atoms with E-state index in [1.165, 1.54) is 0 Å². The Kier molecular flexibility index (Phi) is 6.55. The Morgan fingerprint density at radius 1 is 1.53 bits per heavy atom. The minimum Gasteiger partial charge on any atom is -0.383 e. The van der Waals surface area contributed by atoms with Crippen LogP contribution in [0.5, 0.6) is 0 Å². The van der Waals surface area contributed by atoms with Crippen molar-refractivity contribution in [2.45, 2.75) is 12.5 Å². The van der Waals surface area contributed by atoms with Crippen LogP contribution in [0.3, 0.4) is 0 Å². The van der Waals surface area contributed by atoms with Gasteiger partial charge in [0, 0.05) is 17.5 Å². The molecule has 1 rings (SSSR count). The molecule has 0 fully saturated rings. The Morgan fingerprint density at radius 2 is 2.24 bits per heavy atom. The number of halogens is 2. The summed E-state index contributed by atoms with van der Waals surface area (Å²) in [5.41, 5.74) is 0.831. The van der Waals surface area contributed by atoms with Crippen molar-refractivity contribution in [2.75, 3.05) is 19.0 Å². The smallest absolute Gasteiger partial charge is 0.224 e. The molecule has 0 spiro atoms. The second-order valence-electron chi connectivity index (χ2n) is 3.64. The molecule has 94 valence electrons. The first-order valence-electron chi connectivity index (χ1n) is 5.25. The van der Waals surface area contributed by atoms with Crippen molar-refractivity contribution in [1.82, 2.24) is 5.32 Å². The molecule has 0 aliphatic rings. The quantitative estimate of drug-likeness (QED) is 0.818. The van der Waals surface area contributed by atoms with E-state index in [1.54, 1.807) is 13.2 Å². The zero-order valence-electron chi connectivity index (χ0n) is 9.58. The summed E-state index contributed by atoms with van der Waals surface area (Å²) in [6.07, 6.45) is 0.285. The lowest BCUT2D eigenvalue weighted by Gasteiger charge is -2.15. The Hall–Kier alpha value is -0.580. The molecule has 1 N–H and O–H groups in total. The third kappa shape index (κ3) is 5.06. The first-order chi connectivity index (χ1) is 8.17. The lowest BCUT2D eigenvalue weighted by atomic mass is 10.1. The number of carbonyl (C=O) groups excluding carboxylic acids is 1. The van der Waals surface area contributed by atoms with Crippen molar-refractivity contribution in [1.29, 1.82) is 0 Å². The molecule has 0 saturated carbocycles. The van der Waals surface area contributed by atoms with Crippen molar-refractivity contribution in [3.05, 3.63) is 34.9 Å². The van der Waals surface area contributed by atoms with Crippen molar-refractivity contribution < 1.29 is 9.53 Å². The van der Waals surface area contributed by atoms with Crippen LogP contribution in [0, 0.1) is 0 Å². The number of hydrogen-bond donors (Lipinski definition) is 1. The van der Waals surface area contributed by atoms with Crippen LogP contribution >= 0.6 is 27.5 Å². The summed E-state index contributed by atoms with van der Waals surface area (Å²) in [6.45, 7) is 0.486. The van der Waals surface area contributed by atoms with Crippen LogP contribution in [0.4, 0.5) is 0 Å². The van der Waals surface area contributed by atoms with Crippen LogP contribution < -0.4 is 5.32 Å². The van der Waals surface area contributed by atoms with Gasteiger partial charge in [-0.1, -0.05) is 45.7 Å². The van der Waals surface area contributed by atoms with Gasteiger partial charge in [-0.25, -0.2) is 0 Å². The molecule has 0 aromatic heterocycles. The molecule has 1 atom stereocenters. The third-order valence-electron chi connectivity index (χ3n) is 2.23. The second kappa shape index (κ2) is 7.69. The van der Waals surface area contributed by atoms with Gasteiger partial charge in [-0.15, -0.1) is 0 Å². The van der Waals surface area contributed by atoms with Crippen molar-refractivity contribution in [2.24, 2.45) is 0 Å². The van der Waals surface area contributed by atoms with E-state index in [1.807, 2.05) is 18.2 Å². The fourth-order valence-corrected chi connectivity index (χ4v) is 1.97. The third-order valence-corrected chi connectivity index (χ3v) is 3.38. The van der Waals surface area contributed by atoms with Gasteiger partial charge < -0.3 is 10.1 Å². The van der Waals surface area contributed by atoms with Gasteiger partial charge in [0.25, 0.3) is 0 Å². The van der Waals surface area contributed by atoms with E-state index in [0.717, 1.165) is 5.56 Å². The summed E-state index contributed by atoms with van der Waals surface area (Å²) in [5.74, 6) is -0.0559. The van der Waals surface area contributed by atoms with Crippen molar-refractivity contribution >= 4 is 33.4 Å². The summed E-state index contributed by atoms with van der Waals surface area (Å²) < 4.78 is 5.00. The van der Waals surface area contributed by atoms with Gasteiger partial charge in [0.05, 0.1) is 19.1 Å². The van der Waals surface area contributed by atoms with E-state index in [2.05, 4.69) is 21.2 Å². The van der Waals surface area contributed by atoms with Crippen molar-refractivity contribution in [3.63, 3.8) is 0 Å². The topological polar surface area (TPSA) is 38.3 Å². The molecule has 17 heavy (non-hydrogen) atoms. The molecule has 0 radical (unpaired) electrons. The van der Waals surface area contributed by atoms with E-state index in [-0.39, 0.29) is 18.4 Å². The van der Waals surface area contributed by atoms with E-state index >= 15 is 0 Å². The highest BCUT2D eigenvalue weighted by atomic mass is 79.9. The van der Waals surface area contributed by atoms with Gasteiger partial charge in [-0.2, -0.15) is 0 Å². The zero-order chi connectivity index (χ0) is 12.7. The summed E-state index contributed by atoms with van der Waals surface area (Å²) in [7, 11) is 1.61. The van der Waals surface area contributed by atoms with E-state index in [4.69, 9.17) is 16.3 Å². The Morgan fingerprint density at radius 3 is 2.82 bits per heavy atom. The molecular weight excluding hydrogens is 305 g/mol. The number of alkyl halides is 1. The molecule has 5 heteroatoms. The highest BCUT2D eigenvalue weighted by molar-refractivity contribution is 9.09. The van der Waals surface area contributed by atoms with E-state index < -0.39 is 0 Å². The minimum atomic E-state index is -0.0559. The Bertz CT molecular complexity index is 373. The Balaban J connectivity index is 2.52. The van der Waals surface area contributed by atoms with Gasteiger partial charge >= 0.3 is 0 Å². The van der Waals surface area contributed by atoms with Gasteiger partial charge in [-0.05, 0) is 11.6 Å². The molecule has 1 unspecified atom stereocenters. The van der Waals surface area contributed by atoms with Crippen LogP contribution in [-0.4, -0.2) is 31.0 Å². The normalized spacial score (nSPS) is 12.2. The molecule has 0 aliphatic carbocycles. The predicted octanol–water partition coefficient (Wildman–Crippen LogP) is 2.41.